The van der Waals surface area contributed by atoms with Gasteiger partial charge in [-0.1, -0.05) is 96.8 Å². The van der Waals surface area contributed by atoms with E-state index in [-0.39, 0.29) is 6.61 Å². The van der Waals surface area contributed by atoms with Gasteiger partial charge in [0.05, 0.1) is 12.2 Å². The third-order valence-electron chi connectivity index (χ3n) is 4.94. The van der Waals surface area contributed by atoms with Crippen LogP contribution in [-0.4, -0.2) is 23.9 Å². The molecule has 0 aromatic rings. The fourth-order valence-corrected chi connectivity index (χ4v) is 3.35. The highest BCUT2D eigenvalue weighted by molar-refractivity contribution is 4.83. The van der Waals surface area contributed by atoms with Crippen molar-refractivity contribution in [2.24, 2.45) is 0 Å². The first-order valence-electron chi connectivity index (χ1n) is 10.1. The number of unbranched alkanes of at least 4 members (excludes halogenated alkanes) is 13. The average molecular weight is 313 g/mol. The maximum Gasteiger partial charge on any atom is 0.0863 e. The van der Waals surface area contributed by atoms with Gasteiger partial charge in [-0.05, 0) is 12.8 Å². The first-order valence-corrected chi connectivity index (χ1v) is 10.1. The zero-order valence-corrected chi connectivity index (χ0v) is 15.0. The molecule has 1 fully saturated rings. The Kier molecular flexibility index (Phi) is 13.2. The van der Waals surface area contributed by atoms with E-state index in [1.165, 1.54) is 96.3 Å². The Morgan fingerprint density at radius 3 is 1.45 bits per heavy atom. The standard InChI is InChI=1S/C20H40O2/c1-2-3-4-5-6-7-8-9-10-11-12-13-14-15-16-19-20(22-19)17-18-21/h19-21H,2-18H2,1H3. The molecule has 2 atom stereocenters. The summed E-state index contributed by atoms with van der Waals surface area (Å²) in [5, 5.41) is 8.81. The van der Waals surface area contributed by atoms with Gasteiger partial charge >= 0.3 is 0 Å². The molecule has 1 heterocycles. The molecular formula is C20H40O2. The van der Waals surface area contributed by atoms with Crippen molar-refractivity contribution in [3.05, 3.63) is 0 Å². The molecule has 1 rings (SSSR count). The lowest BCUT2D eigenvalue weighted by Crippen LogP contribution is -1.96. The van der Waals surface area contributed by atoms with Crippen LogP contribution in [0.4, 0.5) is 0 Å². The van der Waals surface area contributed by atoms with E-state index in [2.05, 4.69) is 6.92 Å². The monoisotopic (exact) mass is 312 g/mol. The first-order chi connectivity index (χ1) is 10.9. The fourth-order valence-electron chi connectivity index (χ4n) is 3.35. The zero-order valence-electron chi connectivity index (χ0n) is 15.0. The highest BCUT2D eigenvalue weighted by Crippen LogP contribution is 2.29. The molecule has 1 saturated heterocycles. The molecule has 0 aromatic carbocycles. The van der Waals surface area contributed by atoms with Crippen LogP contribution in [0.1, 0.15) is 110 Å². The topological polar surface area (TPSA) is 32.8 Å². The maximum absolute atomic E-state index is 8.81. The summed E-state index contributed by atoms with van der Waals surface area (Å²) < 4.78 is 5.51. The average Bonchev–Trinajstić information content (AvgIpc) is 3.26. The molecular weight excluding hydrogens is 272 g/mol. The zero-order chi connectivity index (χ0) is 15.9. The predicted octanol–water partition coefficient (Wildman–Crippen LogP) is 6.01. The fraction of sp³-hybridized carbons (Fsp3) is 1.00. The van der Waals surface area contributed by atoms with Crippen molar-refractivity contribution in [3.63, 3.8) is 0 Å². The molecule has 1 aliphatic heterocycles. The number of rotatable bonds is 17. The maximum atomic E-state index is 8.81. The van der Waals surface area contributed by atoms with Crippen molar-refractivity contribution in [2.45, 2.75) is 122 Å². The Balaban J connectivity index is 1.65. The molecule has 22 heavy (non-hydrogen) atoms. The molecule has 0 amide bonds. The van der Waals surface area contributed by atoms with Crippen LogP contribution in [0.3, 0.4) is 0 Å². The second kappa shape index (κ2) is 14.5. The highest BCUT2D eigenvalue weighted by Gasteiger charge is 2.36. The van der Waals surface area contributed by atoms with Gasteiger partial charge in [-0.15, -0.1) is 0 Å². The third-order valence-corrected chi connectivity index (χ3v) is 4.94. The Labute approximate surface area is 139 Å². The summed E-state index contributed by atoms with van der Waals surface area (Å²) in [6, 6.07) is 0. The van der Waals surface area contributed by atoms with Gasteiger partial charge in [0.2, 0.25) is 0 Å². The largest absolute Gasteiger partial charge is 0.396 e. The summed E-state index contributed by atoms with van der Waals surface area (Å²) in [5.41, 5.74) is 0. The Morgan fingerprint density at radius 1 is 0.591 bits per heavy atom. The molecule has 1 N–H and O–H groups in total. The SMILES string of the molecule is CCCCCCCCCCCCCCCCC1OC1CCO. The number of epoxide rings is 1. The second-order valence-electron chi connectivity index (χ2n) is 7.11. The lowest BCUT2D eigenvalue weighted by Gasteiger charge is -2.03. The predicted molar refractivity (Wildman–Crippen MR) is 95.3 cm³/mol. The minimum Gasteiger partial charge on any atom is -0.396 e. The van der Waals surface area contributed by atoms with Crippen molar-refractivity contribution < 1.29 is 9.84 Å². The smallest absolute Gasteiger partial charge is 0.0863 e. The van der Waals surface area contributed by atoms with E-state index in [0.29, 0.717) is 12.2 Å². The van der Waals surface area contributed by atoms with E-state index >= 15 is 0 Å². The van der Waals surface area contributed by atoms with Crippen LogP contribution < -0.4 is 0 Å². The van der Waals surface area contributed by atoms with Gasteiger partial charge in [-0.2, -0.15) is 0 Å². The Hall–Kier alpha value is -0.0800. The molecule has 0 radical (unpaired) electrons. The van der Waals surface area contributed by atoms with Gasteiger partial charge in [0.1, 0.15) is 0 Å². The first kappa shape index (κ1) is 20.0. The molecule has 0 aliphatic carbocycles. The number of aliphatic hydroxyl groups is 1. The molecule has 132 valence electrons. The van der Waals surface area contributed by atoms with E-state index in [1.807, 2.05) is 0 Å². The lowest BCUT2D eigenvalue weighted by molar-refractivity contribution is 0.262. The van der Waals surface area contributed by atoms with Gasteiger partial charge in [0.15, 0.2) is 0 Å². The summed E-state index contributed by atoms with van der Waals surface area (Å²) in [4.78, 5) is 0. The van der Waals surface area contributed by atoms with Crippen molar-refractivity contribution in [1.29, 1.82) is 0 Å². The van der Waals surface area contributed by atoms with Crippen molar-refractivity contribution in [1.82, 2.24) is 0 Å². The van der Waals surface area contributed by atoms with Gasteiger partial charge < -0.3 is 9.84 Å². The number of ether oxygens (including phenoxy) is 1. The summed E-state index contributed by atoms with van der Waals surface area (Å²) in [6.07, 6.45) is 22.8. The van der Waals surface area contributed by atoms with Crippen LogP contribution in [0.25, 0.3) is 0 Å². The minimum atomic E-state index is 0.278. The van der Waals surface area contributed by atoms with E-state index in [1.54, 1.807) is 0 Å². The van der Waals surface area contributed by atoms with Gasteiger partial charge in [0, 0.05) is 6.61 Å². The number of hydrogen-bond acceptors (Lipinski definition) is 2. The third kappa shape index (κ3) is 11.5. The van der Waals surface area contributed by atoms with Crippen LogP contribution in [0, 0.1) is 0 Å². The van der Waals surface area contributed by atoms with E-state index < -0.39 is 0 Å². The summed E-state index contributed by atoms with van der Waals surface area (Å²) in [6.45, 7) is 2.56. The number of hydrogen-bond donors (Lipinski definition) is 1. The quantitative estimate of drug-likeness (QED) is 0.263. The van der Waals surface area contributed by atoms with Gasteiger partial charge in [0.25, 0.3) is 0 Å². The molecule has 0 spiro atoms. The van der Waals surface area contributed by atoms with E-state index in [4.69, 9.17) is 9.84 Å². The summed E-state index contributed by atoms with van der Waals surface area (Å²) in [5.74, 6) is 0. The van der Waals surface area contributed by atoms with Crippen LogP contribution >= 0.6 is 0 Å². The van der Waals surface area contributed by atoms with Crippen LogP contribution in [0.2, 0.25) is 0 Å². The summed E-state index contributed by atoms with van der Waals surface area (Å²) in [7, 11) is 0. The Bertz CT molecular complexity index is 230. The minimum absolute atomic E-state index is 0.278. The molecule has 1 aliphatic rings. The molecule has 0 bridgehead atoms. The van der Waals surface area contributed by atoms with Gasteiger partial charge in [-0.3, -0.25) is 0 Å². The normalized spacial score (nSPS) is 20.5. The molecule has 2 heteroatoms. The Morgan fingerprint density at radius 2 is 1.00 bits per heavy atom. The molecule has 2 nitrogen and oxygen atoms in total. The van der Waals surface area contributed by atoms with E-state index in [9.17, 15) is 0 Å². The second-order valence-corrected chi connectivity index (χ2v) is 7.11. The molecule has 0 saturated carbocycles. The van der Waals surface area contributed by atoms with E-state index in [0.717, 1.165) is 6.42 Å². The van der Waals surface area contributed by atoms with Crippen LogP contribution in [0.5, 0.6) is 0 Å². The van der Waals surface area contributed by atoms with Crippen LogP contribution in [0.15, 0.2) is 0 Å². The van der Waals surface area contributed by atoms with Crippen molar-refractivity contribution in [2.75, 3.05) is 6.61 Å². The molecule has 2 unspecified atom stereocenters. The van der Waals surface area contributed by atoms with Crippen molar-refractivity contribution in [3.8, 4) is 0 Å². The number of aliphatic hydroxyl groups excluding tert-OH is 1. The summed E-state index contributed by atoms with van der Waals surface area (Å²) >= 11 is 0. The molecule has 0 aromatic heterocycles. The highest BCUT2D eigenvalue weighted by atomic mass is 16.6. The van der Waals surface area contributed by atoms with Crippen LogP contribution in [-0.2, 0) is 4.74 Å². The van der Waals surface area contributed by atoms with Crippen molar-refractivity contribution >= 4 is 0 Å². The lowest BCUT2D eigenvalue weighted by atomic mass is 10.0. The van der Waals surface area contributed by atoms with Gasteiger partial charge in [-0.25, -0.2) is 0 Å².